The van der Waals surface area contributed by atoms with Gasteiger partial charge in [-0.1, -0.05) is 0 Å². The number of ether oxygens (including phenoxy) is 1. The molecule has 21 heavy (non-hydrogen) atoms. The molecule has 1 aliphatic rings. The number of anilines is 2. The van der Waals surface area contributed by atoms with E-state index in [1.165, 1.54) is 0 Å². The Balaban J connectivity index is 2.01. The lowest BCUT2D eigenvalue weighted by Crippen LogP contribution is -2.37. The van der Waals surface area contributed by atoms with Gasteiger partial charge in [0.2, 0.25) is 11.9 Å². The predicted molar refractivity (Wildman–Crippen MR) is 80.4 cm³/mol. The molecule has 110 valence electrons. The number of morpholine rings is 1. The van der Waals surface area contributed by atoms with Crippen molar-refractivity contribution in [3.63, 3.8) is 0 Å². The van der Waals surface area contributed by atoms with Crippen LogP contribution < -0.4 is 9.80 Å². The van der Waals surface area contributed by atoms with Crippen LogP contribution in [0.4, 0.5) is 11.9 Å². The lowest BCUT2D eigenvalue weighted by molar-refractivity contribution is 0.122. The molecule has 1 saturated heterocycles. The molecule has 0 amide bonds. The summed E-state index contributed by atoms with van der Waals surface area (Å²) in [6.45, 7) is 3.00. The number of hydrogen-bond donors (Lipinski definition) is 0. The lowest BCUT2D eigenvalue weighted by atomic mass is 10.2. The Morgan fingerprint density at radius 2 is 1.76 bits per heavy atom. The van der Waals surface area contributed by atoms with Crippen LogP contribution in [0.15, 0.2) is 24.5 Å². The van der Waals surface area contributed by atoms with E-state index in [0.29, 0.717) is 30.9 Å². The van der Waals surface area contributed by atoms with Crippen molar-refractivity contribution in [2.24, 2.45) is 0 Å². The van der Waals surface area contributed by atoms with Crippen molar-refractivity contribution in [1.29, 1.82) is 0 Å². The average Bonchev–Trinajstić information content (AvgIpc) is 2.56. The first-order chi connectivity index (χ1) is 10.2. The first kappa shape index (κ1) is 13.7. The molecule has 3 heterocycles. The number of aromatic nitrogens is 4. The van der Waals surface area contributed by atoms with Gasteiger partial charge in [0.15, 0.2) is 5.82 Å². The normalized spacial score (nSPS) is 15.0. The van der Waals surface area contributed by atoms with Crippen molar-refractivity contribution in [2.45, 2.75) is 0 Å². The Labute approximate surface area is 123 Å². The maximum Gasteiger partial charge on any atom is 0.230 e. The molecular weight excluding hydrogens is 268 g/mol. The van der Waals surface area contributed by atoms with Crippen molar-refractivity contribution in [1.82, 2.24) is 19.9 Å². The van der Waals surface area contributed by atoms with Crippen LogP contribution in [-0.4, -0.2) is 60.3 Å². The Hall–Kier alpha value is -2.28. The summed E-state index contributed by atoms with van der Waals surface area (Å²) in [5.74, 6) is 2.01. The molecule has 1 aliphatic heterocycles. The van der Waals surface area contributed by atoms with Crippen LogP contribution in [0.1, 0.15) is 0 Å². The van der Waals surface area contributed by atoms with Crippen LogP contribution >= 0.6 is 0 Å². The summed E-state index contributed by atoms with van der Waals surface area (Å²) in [6.07, 6.45) is 3.48. The lowest BCUT2D eigenvalue weighted by Gasteiger charge is -2.27. The van der Waals surface area contributed by atoms with Gasteiger partial charge < -0.3 is 14.5 Å². The standard InChI is InChI=1S/C14H18N6O/c1-19(2)13-16-12(11-3-5-15-6-4-11)17-14(18-13)20-7-9-21-10-8-20/h3-6H,7-10H2,1-2H3. The van der Waals surface area contributed by atoms with Gasteiger partial charge in [0.05, 0.1) is 13.2 Å². The minimum absolute atomic E-state index is 0.651. The molecule has 2 aromatic heterocycles. The second kappa shape index (κ2) is 6.01. The van der Waals surface area contributed by atoms with Crippen molar-refractivity contribution < 1.29 is 4.74 Å². The zero-order chi connectivity index (χ0) is 14.7. The first-order valence-electron chi connectivity index (χ1n) is 6.90. The van der Waals surface area contributed by atoms with E-state index in [1.54, 1.807) is 12.4 Å². The highest BCUT2D eigenvalue weighted by Crippen LogP contribution is 2.20. The van der Waals surface area contributed by atoms with E-state index in [9.17, 15) is 0 Å². The highest BCUT2D eigenvalue weighted by atomic mass is 16.5. The summed E-state index contributed by atoms with van der Waals surface area (Å²) >= 11 is 0. The second-order valence-electron chi connectivity index (χ2n) is 4.99. The van der Waals surface area contributed by atoms with E-state index in [-0.39, 0.29) is 0 Å². The molecule has 2 aromatic rings. The molecule has 0 atom stereocenters. The third kappa shape index (κ3) is 3.08. The van der Waals surface area contributed by atoms with Crippen molar-refractivity contribution >= 4 is 11.9 Å². The van der Waals surface area contributed by atoms with E-state index < -0.39 is 0 Å². The molecule has 0 radical (unpaired) electrons. The fraction of sp³-hybridized carbons (Fsp3) is 0.429. The third-order valence-corrected chi connectivity index (χ3v) is 3.24. The van der Waals surface area contributed by atoms with Gasteiger partial charge in [-0.3, -0.25) is 4.98 Å². The molecule has 7 nitrogen and oxygen atoms in total. The molecule has 7 heteroatoms. The van der Waals surface area contributed by atoms with E-state index >= 15 is 0 Å². The van der Waals surface area contributed by atoms with Crippen LogP contribution in [-0.2, 0) is 4.74 Å². The van der Waals surface area contributed by atoms with Gasteiger partial charge >= 0.3 is 0 Å². The van der Waals surface area contributed by atoms with Crippen molar-refractivity contribution in [2.75, 3.05) is 50.2 Å². The van der Waals surface area contributed by atoms with Crippen LogP contribution in [0.25, 0.3) is 11.4 Å². The van der Waals surface area contributed by atoms with E-state index in [4.69, 9.17) is 4.74 Å². The Kier molecular flexibility index (Phi) is 3.92. The fourth-order valence-corrected chi connectivity index (χ4v) is 2.09. The van der Waals surface area contributed by atoms with Gasteiger partial charge in [-0.2, -0.15) is 15.0 Å². The molecule has 0 saturated carbocycles. The molecule has 0 aromatic carbocycles. The van der Waals surface area contributed by atoms with Crippen molar-refractivity contribution in [3.05, 3.63) is 24.5 Å². The zero-order valence-corrected chi connectivity index (χ0v) is 12.2. The average molecular weight is 286 g/mol. The minimum atomic E-state index is 0.651. The summed E-state index contributed by atoms with van der Waals surface area (Å²) < 4.78 is 5.38. The molecule has 0 spiro atoms. The van der Waals surface area contributed by atoms with Crippen LogP contribution in [0.3, 0.4) is 0 Å². The summed E-state index contributed by atoms with van der Waals surface area (Å²) in [4.78, 5) is 21.7. The number of pyridine rings is 1. The Morgan fingerprint density at radius 1 is 1.05 bits per heavy atom. The highest BCUT2D eigenvalue weighted by Gasteiger charge is 2.17. The minimum Gasteiger partial charge on any atom is -0.378 e. The molecule has 0 bridgehead atoms. The molecule has 0 unspecified atom stereocenters. The largest absolute Gasteiger partial charge is 0.378 e. The van der Waals surface area contributed by atoms with Gasteiger partial charge in [0.25, 0.3) is 0 Å². The Morgan fingerprint density at radius 3 is 2.43 bits per heavy atom. The van der Waals surface area contributed by atoms with Crippen LogP contribution in [0.2, 0.25) is 0 Å². The molecule has 0 N–H and O–H groups in total. The van der Waals surface area contributed by atoms with E-state index in [2.05, 4.69) is 24.8 Å². The van der Waals surface area contributed by atoms with E-state index in [1.807, 2.05) is 31.1 Å². The molecular formula is C14H18N6O. The van der Waals surface area contributed by atoms with Crippen LogP contribution in [0, 0.1) is 0 Å². The third-order valence-electron chi connectivity index (χ3n) is 3.24. The van der Waals surface area contributed by atoms with Gasteiger partial charge in [0.1, 0.15) is 0 Å². The van der Waals surface area contributed by atoms with Gasteiger partial charge in [-0.05, 0) is 12.1 Å². The molecule has 0 aliphatic carbocycles. The second-order valence-corrected chi connectivity index (χ2v) is 4.99. The first-order valence-corrected chi connectivity index (χ1v) is 6.90. The maximum atomic E-state index is 5.38. The highest BCUT2D eigenvalue weighted by molar-refractivity contribution is 5.57. The van der Waals surface area contributed by atoms with Gasteiger partial charge in [-0.25, -0.2) is 0 Å². The number of hydrogen-bond acceptors (Lipinski definition) is 7. The topological polar surface area (TPSA) is 67.3 Å². The monoisotopic (exact) mass is 286 g/mol. The van der Waals surface area contributed by atoms with E-state index in [0.717, 1.165) is 18.7 Å². The molecule has 3 rings (SSSR count). The fourth-order valence-electron chi connectivity index (χ4n) is 2.09. The number of rotatable bonds is 3. The van der Waals surface area contributed by atoms with Crippen LogP contribution in [0.5, 0.6) is 0 Å². The Bertz CT molecular complexity index is 598. The summed E-state index contributed by atoms with van der Waals surface area (Å²) in [7, 11) is 3.85. The maximum absolute atomic E-state index is 5.38. The van der Waals surface area contributed by atoms with Gasteiger partial charge in [0, 0.05) is 45.1 Å². The predicted octanol–water partition coefficient (Wildman–Crippen LogP) is 0.836. The molecule has 1 fully saturated rings. The summed E-state index contributed by atoms with van der Waals surface area (Å²) in [5, 5.41) is 0. The summed E-state index contributed by atoms with van der Waals surface area (Å²) in [5.41, 5.74) is 0.935. The summed E-state index contributed by atoms with van der Waals surface area (Å²) in [6, 6.07) is 3.80. The van der Waals surface area contributed by atoms with Crippen molar-refractivity contribution in [3.8, 4) is 11.4 Å². The number of nitrogens with zero attached hydrogens (tertiary/aromatic N) is 6. The SMILES string of the molecule is CN(C)c1nc(-c2ccncc2)nc(N2CCOCC2)n1. The van der Waals surface area contributed by atoms with Gasteiger partial charge in [-0.15, -0.1) is 0 Å². The smallest absolute Gasteiger partial charge is 0.230 e. The quantitative estimate of drug-likeness (QED) is 0.828. The zero-order valence-electron chi connectivity index (χ0n) is 12.2.